The Morgan fingerprint density at radius 2 is 2.00 bits per heavy atom. The summed E-state index contributed by atoms with van der Waals surface area (Å²) in [6, 6.07) is 4.47. The van der Waals surface area contributed by atoms with E-state index in [0.29, 0.717) is 12.8 Å². The summed E-state index contributed by atoms with van der Waals surface area (Å²) in [4.78, 5) is 0. The van der Waals surface area contributed by atoms with Gasteiger partial charge in [0.2, 0.25) is 6.79 Å². The van der Waals surface area contributed by atoms with Crippen molar-refractivity contribution in [3.8, 4) is 11.5 Å². The number of fused-ring (bicyclic) bond motifs is 1. The van der Waals surface area contributed by atoms with Crippen molar-refractivity contribution < 1.29 is 9.47 Å². The molecule has 80 valence electrons. The van der Waals surface area contributed by atoms with Crippen LogP contribution in [0.25, 0.3) is 0 Å². The third kappa shape index (κ3) is 1.90. The highest BCUT2D eigenvalue weighted by Crippen LogP contribution is 2.36. The Morgan fingerprint density at radius 1 is 1.27 bits per heavy atom. The Kier molecular flexibility index (Phi) is 2.22. The van der Waals surface area contributed by atoms with Gasteiger partial charge in [0.25, 0.3) is 0 Å². The molecule has 1 aromatic rings. The van der Waals surface area contributed by atoms with Crippen molar-refractivity contribution in [1.29, 1.82) is 0 Å². The van der Waals surface area contributed by atoms with Crippen molar-refractivity contribution in [1.82, 2.24) is 5.32 Å². The van der Waals surface area contributed by atoms with Gasteiger partial charge in [-0.1, -0.05) is 11.6 Å². The first-order valence-electron chi connectivity index (χ1n) is 5.14. The second-order valence-corrected chi connectivity index (χ2v) is 4.36. The number of halogens is 1. The fraction of sp³-hybridized carbons (Fsp3) is 0.455. The van der Waals surface area contributed by atoms with Crippen LogP contribution in [-0.4, -0.2) is 12.8 Å². The lowest BCUT2D eigenvalue weighted by atomic mass is 10.2. The molecule has 3 nitrogen and oxygen atoms in total. The summed E-state index contributed by atoms with van der Waals surface area (Å²) in [5.41, 5.74) is 1.08. The van der Waals surface area contributed by atoms with Gasteiger partial charge in [-0.25, -0.2) is 0 Å². The Balaban J connectivity index is 1.80. The molecule has 1 heterocycles. The summed E-state index contributed by atoms with van der Waals surface area (Å²) < 4.78 is 10.6. The summed E-state index contributed by atoms with van der Waals surface area (Å²) in [5, 5.41) is 4.17. The monoisotopic (exact) mass is 225 g/mol. The normalized spacial score (nSPS) is 18.2. The van der Waals surface area contributed by atoms with E-state index in [1.54, 1.807) is 0 Å². The van der Waals surface area contributed by atoms with Gasteiger partial charge in [-0.3, -0.25) is 0 Å². The zero-order chi connectivity index (χ0) is 10.3. The van der Waals surface area contributed by atoms with Crippen LogP contribution in [0.3, 0.4) is 0 Å². The molecule has 1 aromatic carbocycles. The number of ether oxygens (including phenoxy) is 2. The third-order valence-electron chi connectivity index (χ3n) is 2.70. The fourth-order valence-electron chi connectivity index (χ4n) is 1.64. The van der Waals surface area contributed by atoms with E-state index in [0.717, 1.165) is 28.6 Å². The van der Waals surface area contributed by atoms with Gasteiger partial charge in [0.1, 0.15) is 0 Å². The quantitative estimate of drug-likeness (QED) is 0.857. The minimum atomic E-state index is 0.297. The van der Waals surface area contributed by atoms with E-state index in [1.807, 2.05) is 12.1 Å². The third-order valence-corrected chi connectivity index (χ3v) is 3.05. The molecule has 0 amide bonds. The number of nitrogens with one attached hydrogen (secondary N) is 1. The molecule has 1 saturated carbocycles. The molecule has 2 aliphatic rings. The van der Waals surface area contributed by atoms with Gasteiger partial charge in [-0.15, -0.1) is 0 Å². The molecular formula is C11H12ClNO2. The second-order valence-electron chi connectivity index (χ2n) is 3.95. The van der Waals surface area contributed by atoms with Crippen molar-refractivity contribution in [3.63, 3.8) is 0 Å². The van der Waals surface area contributed by atoms with Gasteiger partial charge in [0.15, 0.2) is 11.5 Å². The lowest BCUT2D eigenvalue weighted by molar-refractivity contribution is 0.174. The van der Waals surface area contributed by atoms with Crippen LogP contribution in [0.15, 0.2) is 12.1 Å². The topological polar surface area (TPSA) is 30.5 Å². The lowest BCUT2D eigenvalue weighted by Gasteiger charge is -2.06. The van der Waals surface area contributed by atoms with E-state index >= 15 is 0 Å². The molecule has 1 aliphatic heterocycles. The predicted molar refractivity (Wildman–Crippen MR) is 57.4 cm³/mol. The minimum Gasteiger partial charge on any atom is -0.454 e. The average Bonchev–Trinajstić information content (AvgIpc) is 2.94. The van der Waals surface area contributed by atoms with Crippen molar-refractivity contribution in [2.75, 3.05) is 6.79 Å². The summed E-state index contributed by atoms with van der Waals surface area (Å²) in [6.45, 7) is 1.10. The van der Waals surface area contributed by atoms with Gasteiger partial charge < -0.3 is 14.8 Å². The number of hydrogen-bond acceptors (Lipinski definition) is 3. The summed E-state index contributed by atoms with van der Waals surface area (Å²) in [5.74, 6) is 1.54. The molecule has 0 aromatic heterocycles. The molecular weight excluding hydrogens is 214 g/mol. The number of benzene rings is 1. The molecule has 1 N–H and O–H groups in total. The SMILES string of the molecule is Clc1cc2c(cc1CNC1CC1)OCO2. The molecule has 1 fully saturated rings. The standard InChI is InChI=1S/C11H12ClNO2/c12-9-4-11-10(14-6-15-11)3-7(9)5-13-8-1-2-8/h3-4,8,13H,1-2,5-6H2. The molecule has 0 radical (unpaired) electrons. The molecule has 0 spiro atoms. The van der Waals surface area contributed by atoms with Gasteiger partial charge in [-0.05, 0) is 24.5 Å². The Bertz CT molecular complexity index is 390. The van der Waals surface area contributed by atoms with E-state index in [-0.39, 0.29) is 0 Å². The molecule has 1 aliphatic carbocycles. The first-order valence-corrected chi connectivity index (χ1v) is 5.52. The van der Waals surface area contributed by atoms with Crippen LogP contribution in [0.4, 0.5) is 0 Å². The molecule has 0 unspecified atom stereocenters. The summed E-state index contributed by atoms with van der Waals surface area (Å²) in [7, 11) is 0. The van der Waals surface area contributed by atoms with Crippen LogP contribution in [0, 0.1) is 0 Å². The van der Waals surface area contributed by atoms with E-state index in [4.69, 9.17) is 21.1 Å². The molecule has 0 bridgehead atoms. The predicted octanol–water partition coefficient (Wildman–Crippen LogP) is 2.32. The molecule has 15 heavy (non-hydrogen) atoms. The van der Waals surface area contributed by atoms with Crippen LogP contribution in [0.5, 0.6) is 11.5 Å². The number of rotatable bonds is 3. The van der Waals surface area contributed by atoms with Gasteiger partial charge in [-0.2, -0.15) is 0 Å². The van der Waals surface area contributed by atoms with E-state index < -0.39 is 0 Å². The Morgan fingerprint density at radius 3 is 2.73 bits per heavy atom. The maximum atomic E-state index is 6.14. The highest BCUT2D eigenvalue weighted by atomic mass is 35.5. The highest BCUT2D eigenvalue weighted by Gasteiger charge is 2.21. The van der Waals surface area contributed by atoms with Crippen LogP contribution >= 0.6 is 11.6 Å². The van der Waals surface area contributed by atoms with Crippen LogP contribution in [0.2, 0.25) is 5.02 Å². The Hall–Kier alpha value is -0.930. The van der Waals surface area contributed by atoms with Crippen molar-refractivity contribution in [2.45, 2.75) is 25.4 Å². The van der Waals surface area contributed by atoms with Crippen molar-refractivity contribution >= 4 is 11.6 Å². The van der Waals surface area contributed by atoms with Crippen molar-refractivity contribution in [3.05, 3.63) is 22.7 Å². The maximum Gasteiger partial charge on any atom is 0.231 e. The molecule has 0 atom stereocenters. The van der Waals surface area contributed by atoms with Gasteiger partial charge in [0, 0.05) is 23.7 Å². The van der Waals surface area contributed by atoms with E-state index in [2.05, 4.69) is 5.32 Å². The van der Waals surface area contributed by atoms with Crippen LogP contribution in [-0.2, 0) is 6.54 Å². The molecule has 0 saturated heterocycles. The van der Waals surface area contributed by atoms with Gasteiger partial charge >= 0.3 is 0 Å². The van der Waals surface area contributed by atoms with Crippen LogP contribution < -0.4 is 14.8 Å². The molecule has 4 heteroatoms. The zero-order valence-electron chi connectivity index (χ0n) is 8.25. The maximum absolute atomic E-state index is 6.14. The minimum absolute atomic E-state index is 0.297. The first kappa shape index (κ1) is 9.31. The Labute approximate surface area is 93.3 Å². The first-order chi connectivity index (χ1) is 7.33. The largest absolute Gasteiger partial charge is 0.454 e. The van der Waals surface area contributed by atoms with Crippen LogP contribution in [0.1, 0.15) is 18.4 Å². The van der Waals surface area contributed by atoms with E-state index in [1.165, 1.54) is 12.8 Å². The second kappa shape index (κ2) is 3.58. The smallest absolute Gasteiger partial charge is 0.231 e. The summed E-state index contributed by atoms with van der Waals surface area (Å²) in [6.07, 6.45) is 2.56. The van der Waals surface area contributed by atoms with E-state index in [9.17, 15) is 0 Å². The highest BCUT2D eigenvalue weighted by molar-refractivity contribution is 6.31. The van der Waals surface area contributed by atoms with Crippen molar-refractivity contribution in [2.24, 2.45) is 0 Å². The van der Waals surface area contributed by atoms with Gasteiger partial charge in [0.05, 0.1) is 0 Å². The number of hydrogen-bond donors (Lipinski definition) is 1. The zero-order valence-corrected chi connectivity index (χ0v) is 9.01. The molecule has 3 rings (SSSR count). The summed E-state index contributed by atoms with van der Waals surface area (Å²) >= 11 is 6.14. The average molecular weight is 226 g/mol. The fourth-order valence-corrected chi connectivity index (χ4v) is 1.86. The lowest BCUT2D eigenvalue weighted by Crippen LogP contribution is -2.15.